The maximum atomic E-state index is 10.3. The first-order chi connectivity index (χ1) is 15.9. The Morgan fingerprint density at radius 1 is 1.12 bits per heavy atom. The van der Waals surface area contributed by atoms with E-state index in [0.717, 1.165) is 59.0 Å². The van der Waals surface area contributed by atoms with Crippen LogP contribution in [-0.2, 0) is 6.54 Å². The van der Waals surface area contributed by atoms with Gasteiger partial charge in [-0.3, -0.25) is 0 Å². The lowest BCUT2D eigenvalue weighted by Crippen LogP contribution is -2.31. The maximum absolute atomic E-state index is 10.3. The van der Waals surface area contributed by atoms with Gasteiger partial charge in [0, 0.05) is 42.1 Å². The summed E-state index contributed by atoms with van der Waals surface area (Å²) in [5.41, 5.74) is 1.80. The molecule has 0 spiro atoms. The van der Waals surface area contributed by atoms with Crippen LogP contribution in [0.5, 0.6) is 11.5 Å². The number of hydrogen-bond acceptors (Lipinski definition) is 7. The van der Waals surface area contributed by atoms with E-state index in [4.69, 9.17) is 14.7 Å². The van der Waals surface area contributed by atoms with Gasteiger partial charge < -0.3 is 25.4 Å². The van der Waals surface area contributed by atoms with Gasteiger partial charge in [-0.1, -0.05) is 28.1 Å². The summed E-state index contributed by atoms with van der Waals surface area (Å²) < 4.78 is 6.14. The van der Waals surface area contributed by atoms with Gasteiger partial charge >= 0.3 is 0 Å². The van der Waals surface area contributed by atoms with Crippen LogP contribution in [0.25, 0.3) is 10.9 Å². The predicted octanol–water partition coefficient (Wildman–Crippen LogP) is 4.93. The number of methoxy groups -OCH3 is 1. The molecule has 0 radical (unpaired) electrons. The average Bonchev–Trinajstić information content (AvgIpc) is 2.81. The van der Waals surface area contributed by atoms with Gasteiger partial charge in [0.15, 0.2) is 11.5 Å². The summed E-state index contributed by atoms with van der Waals surface area (Å²) in [5, 5.41) is 18.5. The lowest BCUT2D eigenvalue weighted by Gasteiger charge is -2.29. The number of para-hydroxylation sites is 1. The summed E-state index contributed by atoms with van der Waals surface area (Å²) in [4.78, 5) is 11.6. The van der Waals surface area contributed by atoms with Gasteiger partial charge in [0.1, 0.15) is 5.82 Å². The summed E-state index contributed by atoms with van der Waals surface area (Å²) >= 11 is 3.48. The van der Waals surface area contributed by atoms with Crippen LogP contribution in [0.15, 0.2) is 40.9 Å². The largest absolute Gasteiger partial charge is 0.504 e. The SMILES string of the molecule is COc1cc(Br)cc(CNC[C@H]2CC[C@@H](Nc3nc(N(C)C)c4ccccc4n3)CC2)c1O. The molecule has 0 aliphatic heterocycles. The van der Waals surface area contributed by atoms with E-state index < -0.39 is 0 Å². The molecule has 0 amide bonds. The van der Waals surface area contributed by atoms with E-state index in [9.17, 15) is 5.11 Å². The number of anilines is 2. The van der Waals surface area contributed by atoms with Crippen molar-refractivity contribution in [2.75, 3.05) is 38.0 Å². The third kappa shape index (κ3) is 5.68. The predicted molar refractivity (Wildman–Crippen MR) is 137 cm³/mol. The standard InChI is InChI=1S/C25H32BrN5O2/c1-31(2)24-20-6-4-5-7-21(20)29-25(30-24)28-19-10-8-16(9-11-19)14-27-15-17-12-18(26)13-22(33-3)23(17)32/h4-7,12-13,16,19,27,32H,8-11,14-15H2,1-3H3,(H,28,29,30)/t16-,19+. The highest BCUT2D eigenvalue weighted by molar-refractivity contribution is 9.10. The Bertz CT molecular complexity index is 1100. The number of rotatable bonds is 8. The van der Waals surface area contributed by atoms with Gasteiger partial charge in [0.25, 0.3) is 0 Å². The van der Waals surface area contributed by atoms with Crippen molar-refractivity contribution in [1.29, 1.82) is 0 Å². The first-order valence-corrected chi connectivity index (χ1v) is 12.2. The quantitative estimate of drug-likeness (QED) is 0.393. The number of aromatic hydroxyl groups is 1. The molecular weight excluding hydrogens is 482 g/mol. The first kappa shape index (κ1) is 23.6. The molecule has 0 bridgehead atoms. The molecule has 1 aliphatic rings. The van der Waals surface area contributed by atoms with Gasteiger partial charge in [-0.15, -0.1) is 0 Å². The topological polar surface area (TPSA) is 82.5 Å². The third-order valence-electron chi connectivity index (χ3n) is 6.27. The normalized spacial score (nSPS) is 18.3. The Morgan fingerprint density at radius 3 is 2.61 bits per heavy atom. The Kier molecular flexibility index (Phi) is 7.55. The Hall–Kier alpha value is -2.58. The summed E-state index contributed by atoms with van der Waals surface area (Å²) in [7, 11) is 5.59. The van der Waals surface area contributed by atoms with E-state index in [2.05, 4.69) is 32.6 Å². The number of ether oxygens (including phenoxy) is 1. The van der Waals surface area contributed by atoms with E-state index in [1.807, 2.05) is 43.3 Å². The number of phenolic OH excluding ortho intramolecular Hbond substituents is 1. The highest BCUT2D eigenvalue weighted by Gasteiger charge is 2.22. The van der Waals surface area contributed by atoms with E-state index in [1.165, 1.54) is 0 Å². The number of nitrogens with zero attached hydrogens (tertiary/aromatic N) is 3. The molecule has 1 aliphatic carbocycles. The summed E-state index contributed by atoms with van der Waals surface area (Å²) in [6.45, 7) is 1.54. The monoisotopic (exact) mass is 513 g/mol. The Balaban J connectivity index is 1.30. The molecule has 33 heavy (non-hydrogen) atoms. The zero-order valence-corrected chi connectivity index (χ0v) is 21.0. The van der Waals surface area contributed by atoms with Crippen molar-refractivity contribution < 1.29 is 9.84 Å². The second-order valence-electron chi connectivity index (χ2n) is 8.89. The number of phenols is 1. The van der Waals surface area contributed by atoms with Crippen molar-refractivity contribution in [2.45, 2.75) is 38.3 Å². The molecule has 1 heterocycles. The molecule has 2 aromatic carbocycles. The molecule has 4 rings (SSSR count). The number of benzene rings is 2. The number of fused-ring (bicyclic) bond motifs is 1. The van der Waals surface area contributed by atoms with Crippen LogP contribution in [0.1, 0.15) is 31.2 Å². The minimum Gasteiger partial charge on any atom is -0.504 e. The summed E-state index contributed by atoms with van der Waals surface area (Å²) in [6.07, 6.45) is 4.48. The van der Waals surface area contributed by atoms with Crippen LogP contribution < -0.4 is 20.3 Å². The van der Waals surface area contributed by atoms with E-state index in [1.54, 1.807) is 13.2 Å². The van der Waals surface area contributed by atoms with Crippen molar-refractivity contribution in [3.63, 3.8) is 0 Å². The zero-order valence-electron chi connectivity index (χ0n) is 19.4. The number of nitrogens with one attached hydrogen (secondary N) is 2. The van der Waals surface area contributed by atoms with Gasteiger partial charge in [-0.05, 0) is 62.4 Å². The van der Waals surface area contributed by atoms with Crippen molar-refractivity contribution in [2.24, 2.45) is 5.92 Å². The number of aromatic nitrogens is 2. The minimum absolute atomic E-state index is 0.202. The lowest BCUT2D eigenvalue weighted by atomic mass is 9.86. The molecule has 0 atom stereocenters. The fourth-order valence-electron chi connectivity index (χ4n) is 4.49. The molecular formula is C25H32BrN5O2. The molecule has 176 valence electrons. The zero-order chi connectivity index (χ0) is 23.4. The van der Waals surface area contributed by atoms with Crippen molar-refractivity contribution in [3.05, 3.63) is 46.4 Å². The first-order valence-electron chi connectivity index (χ1n) is 11.4. The lowest BCUT2D eigenvalue weighted by molar-refractivity contribution is 0.322. The summed E-state index contributed by atoms with van der Waals surface area (Å²) in [5.74, 6) is 2.95. The van der Waals surface area contributed by atoms with E-state index >= 15 is 0 Å². The fraction of sp³-hybridized carbons (Fsp3) is 0.440. The highest BCUT2D eigenvalue weighted by atomic mass is 79.9. The molecule has 7 nitrogen and oxygen atoms in total. The van der Waals surface area contributed by atoms with Crippen LogP contribution in [0.2, 0.25) is 0 Å². The van der Waals surface area contributed by atoms with Crippen LogP contribution >= 0.6 is 15.9 Å². The van der Waals surface area contributed by atoms with Crippen LogP contribution in [0.3, 0.4) is 0 Å². The second-order valence-corrected chi connectivity index (χ2v) is 9.81. The van der Waals surface area contributed by atoms with Crippen LogP contribution in [0, 0.1) is 5.92 Å². The minimum atomic E-state index is 0.202. The van der Waals surface area contributed by atoms with E-state index in [-0.39, 0.29) is 5.75 Å². The molecule has 8 heteroatoms. The number of hydrogen-bond donors (Lipinski definition) is 3. The van der Waals surface area contributed by atoms with Gasteiger partial charge in [0.05, 0.1) is 12.6 Å². The molecule has 1 saturated carbocycles. The van der Waals surface area contributed by atoms with Crippen LogP contribution in [0.4, 0.5) is 11.8 Å². The maximum Gasteiger partial charge on any atom is 0.225 e. The average molecular weight is 514 g/mol. The smallest absolute Gasteiger partial charge is 0.225 e. The van der Waals surface area contributed by atoms with Crippen molar-refractivity contribution in [3.8, 4) is 11.5 Å². The van der Waals surface area contributed by atoms with Gasteiger partial charge in [0.2, 0.25) is 5.95 Å². The van der Waals surface area contributed by atoms with Crippen molar-refractivity contribution >= 4 is 38.6 Å². The number of halogens is 1. The molecule has 0 saturated heterocycles. The van der Waals surface area contributed by atoms with Gasteiger partial charge in [-0.25, -0.2) is 4.98 Å². The summed E-state index contributed by atoms with van der Waals surface area (Å²) in [6, 6.07) is 12.2. The Labute approximate surface area is 203 Å². The van der Waals surface area contributed by atoms with Gasteiger partial charge in [-0.2, -0.15) is 4.98 Å². The van der Waals surface area contributed by atoms with Crippen LogP contribution in [-0.4, -0.2) is 48.9 Å². The molecule has 0 unspecified atom stereocenters. The molecule has 3 N–H and O–H groups in total. The Morgan fingerprint density at radius 2 is 1.88 bits per heavy atom. The second kappa shape index (κ2) is 10.6. The van der Waals surface area contributed by atoms with Crippen molar-refractivity contribution in [1.82, 2.24) is 15.3 Å². The fourth-order valence-corrected chi connectivity index (χ4v) is 4.97. The molecule has 1 aromatic heterocycles. The molecule has 1 fully saturated rings. The van der Waals surface area contributed by atoms with E-state index in [0.29, 0.717) is 30.2 Å². The highest BCUT2D eigenvalue weighted by Crippen LogP contribution is 2.34. The third-order valence-corrected chi connectivity index (χ3v) is 6.73. The molecule has 3 aromatic rings.